The summed E-state index contributed by atoms with van der Waals surface area (Å²) in [4.78, 5) is 25.0. The Labute approximate surface area is 207 Å². The number of carboxylic acid groups (broad SMARTS) is 1. The zero-order valence-electron chi connectivity index (χ0n) is 18.6. The number of para-hydroxylation sites is 1. The molecule has 0 bridgehead atoms. The van der Waals surface area contributed by atoms with Gasteiger partial charge in [-0.2, -0.15) is 10.2 Å². The summed E-state index contributed by atoms with van der Waals surface area (Å²) in [5.74, 6) is -1.19. The fraction of sp³-hybridized carbons (Fsp3) is 0.0714. The number of halogens is 1. The first-order chi connectivity index (χ1) is 17.0. The Morgan fingerprint density at radius 3 is 1.97 bits per heavy atom. The molecule has 0 aliphatic carbocycles. The van der Waals surface area contributed by atoms with Gasteiger partial charge in [0.15, 0.2) is 5.78 Å². The second-order valence-corrected chi connectivity index (χ2v) is 8.26. The predicted molar refractivity (Wildman–Crippen MR) is 137 cm³/mol. The number of aliphatic carboxylic acids is 1. The van der Waals surface area contributed by atoms with E-state index in [1.54, 1.807) is 84.9 Å². The van der Waals surface area contributed by atoms with Gasteiger partial charge in [0.05, 0.1) is 11.4 Å². The van der Waals surface area contributed by atoms with Gasteiger partial charge < -0.3 is 10.4 Å². The minimum atomic E-state index is -1.02. The van der Waals surface area contributed by atoms with Gasteiger partial charge in [-0.15, -0.1) is 0 Å². The molecule has 35 heavy (non-hydrogen) atoms. The Balaban J connectivity index is 1.47. The number of rotatable bonds is 9. The van der Waals surface area contributed by atoms with Crippen molar-refractivity contribution in [2.24, 2.45) is 10.2 Å². The number of nitrogens with one attached hydrogen (secondary N) is 1. The van der Waals surface area contributed by atoms with Crippen molar-refractivity contribution in [2.75, 3.05) is 5.32 Å². The number of carboxylic acids is 1. The van der Waals surface area contributed by atoms with Gasteiger partial charge >= 0.3 is 5.97 Å². The second kappa shape index (κ2) is 11.2. The number of anilines is 1. The monoisotopic (exact) mass is 483 g/mol. The van der Waals surface area contributed by atoms with Crippen LogP contribution >= 0.6 is 11.6 Å². The molecule has 7 heteroatoms. The molecule has 6 nitrogen and oxygen atoms in total. The maximum atomic E-state index is 13.0. The van der Waals surface area contributed by atoms with Crippen molar-refractivity contribution in [2.45, 2.75) is 12.5 Å². The van der Waals surface area contributed by atoms with Crippen LogP contribution in [0, 0.1) is 0 Å². The highest BCUT2D eigenvalue weighted by Crippen LogP contribution is 2.23. The Hall–Kier alpha value is -4.29. The number of nitrogens with zero attached hydrogens (tertiary/aromatic N) is 2. The van der Waals surface area contributed by atoms with E-state index < -0.39 is 12.0 Å². The molecule has 0 aromatic heterocycles. The molecule has 0 saturated carbocycles. The molecule has 4 aromatic rings. The first kappa shape index (κ1) is 23.9. The third kappa shape index (κ3) is 6.40. The quantitative estimate of drug-likeness (QED) is 0.196. The first-order valence-electron chi connectivity index (χ1n) is 10.9. The van der Waals surface area contributed by atoms with Crippen LogP contribution in [0.1, 0.15) is 21.5 Å². The molecule has 0 heterocycles. The smallest absolute Gasteiger partial charge is 0.326 e. The summed E-state index contributed by atoms with van der Waals surface area (Å²) in [6.07, 6.45) is 0.220. The number of carbonyl (C=O) groups excluding carboxylic acids is 1. The molecule has 0 saturated heterocycles. The Morgan fingerprint density at radius 1 is 0.771 bits per heavy atom. The van der Waals surface area contributed by atoms with Crippen LogP contribution in [0.2, 0.25) is 5.02 Å². The fourth-order valence-corrected chi connectivity index (χ4v) is 3.62. The van der Waals surface area contributed by atoms with Crippen molar-refractivity contribution < 1.29 is 14.7 Å². The number of azo groups is 1. The molecule has 1 atom stereocenters. The molecular weight excluding hydrogens is 462 g/mol. The minimum absolute atomic E-state index is 0.173. The number of benzene rings is 4. The van der Waals surface area contributed by atoms with Gasteiger partial charge in [0.1, 0.15) is 6.04 Å². The number of ketones is 1. The van der Waals surface area contributed by atoms with Crippen LogP contribution in [0.5, 0.6) is 0 Å². The van der Waals surface area contributed by atoms with Crippen molar-refractivity contribution in [1.29, 1.82) is 0 Å². The maximum absolute atomic E-state index is 13.0. The molecule has 0 amide bonds. The number of hydrogen-bond donors (Lipinski definition) is 2. The summed E-state index contributed by atoms with van der Waals surface area (Å²) in [6.45, 7) is 0. The molecule has 0 unspecified atom stereocenters. The van der Waals surface area contributed by atoms with E-state index in [0.717, 1.165) is 5.56 Å². The van der Waals surface area contributed by atoms with Crippen molar-refractivity contribution in [3.63, 3.8) is 0 Å². The SMILES string of the molecule is O=C(c1ccccc1)c1ccccc1N[C@@H](Cc1ccc(N=Nc2ccc(Cl)cc2)cc1)C(=O)O. The van der Waals surface area contributed by atoms with Gasteiger partial charge in [-0.25, -0.2) is 4.79 Å². The highest BCUT2D eigenvalue weighted by molar-refractivity contribution is 6.30. The van der Waals surface area contributed by atoms with Crippen LogP contribution in [-0.4, -0.2) is 22.9 Å². The third-order valence-corrected chi connectivity index (χ3v) is 5.57. The Kier molecular flexibility index (Phi) is 7.65. The minimum Gasteiger partial charge on any atom is -0.480 e. The first-order valence-corrected chi connectivity index (χ1v) is 11.3. The van der Waals surface area contributed by atoms with Crippen LogP contribution < -0.4 is 5.32 Å². The van der Waals surface area contributed by atoms with E-state index in [1.165, 1.54) is 0 Å². The molecule has 0 spiro atoms. The summed E-state index contributed by atoms with van der Waals surface area (Å²) >= 11 is 5.88. The van der Waals surface area contributed by atoms with Crippen molar-refractivity contribution in [3.8, 4) is 0 Å². The number of hydrogen-bond acceptors (Lipinski definition) is 5. The standard InChI is InChI=1S/C28H22ClN3O3/c29-21-12-16-23(17-13-21)32-31-22-14-10-19(11-15-22)18-26(28(34)35)30-25-9-5-4-8-24(25)27(33)20-6-2-1-3-7-20/h1-17,26,30H,18H2,(H,34,35)/t26-/m0/s1. The molecule has 0 radical (unpaired) electrons. The molecular formula is C28H22ClN3O3. The van der Waals surface area contributed by atoms with Crippen molar-refractivity contribution in [1.82, 2.24) is 0 Å². The normalized spacial score (nSPS) is 11.8. The van der Waals surface area contributed by atoms with Gasteiger partial charge in [0.25, 0.3) is 0 Å². The summed E-state index contributed by atoms with van der Waals surface area (Å²) in [5.41, 5.74) is 3.56. The Bertz CT molecular complexity index is 1340. The van der Waals surface area contributed by atoms with Gasteiger partial charge in [-0.3, -0.25) is 4.79 Å². The molecule has 4 aromatic carbocycles. The van der Waals surface area contributed by atoms with E-state index in [9.17, 15) is 14.7 Å². The van der Waals surface area contributed by atoms with E-state index in [-0.39, 0.29) is 12.2 Å². The topological polar surface area (TPSA) is 91.1 Å². The van der Waals surface area contributed by atoms with Gasteiger partial charge in [0.2, 0.25) is 0 Å². The van der Waals surface area contributed by atoms with Gasteiger partial charge in [-0.1, -0.05) is 66.2 Å². The van der Waals surface area contributed by atoms with Crippen LogP contribution in [0.15, 0.2) is 113 Å². The van der Waals surface area contributed by atoms with Crippen LogP contribution in [0.25, 0.3) is 0 Å². The zero-order valence-corrected chi connectivity index (χ0v) is 19.4. The van der Waals surface area contributed by atoms with Crippen LogP contribution in [0.4, 0.5) is 17.1 Å². The van der Waals surface area contributed by atoms with E-state index in [2.05, 4.69) is 15.5 Å². The van der Waals surface area contributed by atoms with Gasteiger partial charge in [-0.05, 0) is 54.1 Å². The van der Waals surface area contributed by atoms with Gasteiger partial charge in [0, 0.05) is 28.3 Å². The summed E-state index contributed by atoms with van der Waals surface area (Å²) in [5, 5.41) is 21.9. The Morgan fingerprint density at radius 2 is 1.34 bits per heavy atom. The fourth-order valence-electron chi connectivity index (χ4n) is 3.50. The maximum Gasteiger partial charge on any atom is 0.326 e. The lowest BCUT2D eigenvalue weighted by Gasteiger charge is -2.18. The summed E-state index contributed by atoms with van der Waals surface area (Å²) in [6, 6.07) is 29.1. The molecule has 0 aliphatic heterocycles. The van der Waals surface area contributed by atoms with Crippen LogP contribution in [0.3, 0.4) is 0 Å². The molecule has 4 rings (SSSR count). The highest BCUT2D eigenvalue weighted by atomic mass is 35.5. The van der Waals surface area contributed by atoms with E-state index >= 15 is 0 Å². The molecule has 0 aliphatic rings. The largest absolute Gasteiger partial charge is 0.480 e. The van der Waals surface area contributed by atoms with Crippen LogP contribution in [-0.2, 0) is 11.2 Å². The lowest BCUT2D eigenvalue weighted by Crippen LogP contribution is -2.32. The highest BCUT2D eigenvalue weighted by Gasteiger charge is 2.21. The third-order valence-electron chi connectivity index (χ3n) is 5.32. The molecule has 2 N–H and O–H groups in total. The zero-order chi connectivity index (χ0) is 24.6. The number of carbonyl (C=O) groups is 2. The lowest BCUT2D eigenvalue weighted by molar-refractivity contribution is -0.137. The summed E-state index contributed by atoms with van der Waals surface area (Å²) in [7, 11) is 0. The van der Waals surface area contributed by atoms with Crippen molar-refractivity contribution >= 4 is 40.4 Å². The van der Waals surface area contributed by atoms with E-state index in [4.69, 9.17) is 11.6 Å². The van der Waals surface area contributed by atoms with E-state index in [0.29, 0.717) is 33.2 Å². The predicted octanol–water partition coefficient (Wildman–Crippen LogP) is 7.09. The molecule has 0 fully saturated rings. The lowest BCUT2D eigenvalue weighted by atomic mass is 10.00. The second-order valence-electron chi connectivity index (χ2n) is 7.82. The van der Waals surface area contributed by atoms with E-state index in [1.807, 2.05) is 18.2 Å². The average Bonchev–Trinajstić information content (AvgIpc) is 2.89. The molecule has 174 valence electrons. The summed E-state index contributed by atoms with van der Waals surface area (Å²) < 4.78 is 0. The van der Waals surface area contributed by atoms with Crippen molar-refractivity contribution in [3.05, 3.63) is 125 Å². The average molecular weight is 484 g/mol.